The minimum atomic E-state index is -0.939. The van der Waals surface area contributed by atoms with E-state index in [-0.39, 0.29) is 18.9 Å². The number of ketones is 1. The van der Waals surface area contributed by atoms with E-state index in [0.29, 0.717) is 5.56 Å². The number of aliphatic carboxylic acids is 1. The predicted molar refractivity (Wildman–Crippen MR) is 94.2 cm³/mol. The Hall–Kier alpha value is -2.40. The molecule has 0 saturated carbocycles. The van der Waals surface area contributed by atoms with Crippen molar-refractivity contribution in [3.8, 4) is 5.69 Å². The summed E-state index contributed by atoms with van der Waals surface area (Å²) in [5, 5.41) is 8.81. The number of nitrogens with zero attached hydrogens (tertiary/aromatic N) is 2. The van der Waals surface area contributed by atoms with Crippen LogP contribution in [0.4, 0.5) is 0 Å². The Kier molecular flexibility index (Phi) is 5.24. The standard InChI is InChI=1S/C19H24N2O3/c1-12-6-7-16(8-13(12)2)21-14(3)9-17(15(21)4)18(22)10-20(5)11-19(23)24/h6-9H,10-11H2,1-5H3,(H,23,24). The minimum absolute atomic E-state index is 0.0677. The lowest BCUT2D eigenvalue weighted by atomic mass is 10.1. The molecule has 0 spiro atoms. The van der Waals surface area contributed by atoms with E-state index in [4.69, 9.17) is 5.11 Å². The first-order chi connectivity index (χ1) is 11.2. The van der Waals surface area contributed by atoms with Crippen molar-refractivity contribution in [1.82, 2.24) is 9.47 Å². The van der Waals surface area contributed by atoms with Gasteiger partial charge in [-0.25, -0.2) is 0 Å². The number of aromatic nitrogens is 1. The Morgan fingerprint density at radius 1 is 1.04 bits per heavy atom. The van der Waals surface area contributed by atoms with Crippen molar-refractivity contribution in [2.24, 2.45) is 0 Å². The van der Waals surface area contributed by atoms with Crippen molar-refractivity contribution in [2.75, 3.05) is 20.1 Å². The zero-order valence-corrected chi connectivity index (χ0v) is 14.9. The molecule has 0 saturated heterocycles. The molecule has 0 aliphatic rings. The largest absolute Gasteiger partial charge is 0.480 e. The average molecular weight is 328 g/mol. The minimum Gasteiger partial charge on any atom is -0.480 e. The maximum atomic E-state index is 12.5. The van der Waals surface area contributed by atoms with Gasteiger partial charge in [0.05, 0.1) is 13.1 Å². The van der Waals surface area contributed by atoms with Crippen LogP contribution < -0.4 is 0 Å². The van der Waals surface area contributed by atoms with E-state index in [1.54, 1.807) is 7.05 Å². The summed E-state index contributed by atoms with van der Waals surface area (Å²) >= 11 is 0. The smallest absolute Gasteiger partial charge is 0.317 e. The summed E-state index contributed by atoms with van der Waals surface area (Å²) in [5.74, 6) is -1.01. The second-order valence-corrected chi connectivity index (χ2v) is 6.38. The molecule has 0 radical (unpaired) electrons. The number of carbonyl (C=O) groups is 2. The van der Waals surface area contributed by atoms with Crippen LogP contribution in [-0.2, 0) is 4.79 Å². The monoisotopic (exact) mass is 328 g/mol. The van der Waals surface area contributed by atoms with Gasteiger partial charge in [0, 0.05) is 22.6 Å². The third kappa shape index (κ3) is 3.74. The number of rotatable bonds is 6. The van der Waals surface area contributed by atoms with Gasteiger partial charge in [0.1, 0.15) is 0 Å². The summed E-state index contributed by atoms with van der Waals surface area (Å²) in [6.45, 7) is 7.97. The van der Waals surface area contributed by atoms with Crippen LogP contribution in [0.15, 0.2) is 24.3 Å². The maximum absolute atomic E-state index is 12.5. The van der Waals surface area contributed by atoms with E-state index < -0.39 is 5.97 Å². The van der Waals surface area contributed by atoms with Crippen LogP contribution in [0.5, 0.6) is 0 Å². The van der Waals surface area contributed by atoms with Crippen molar-refractivity contribution in [2.45, 2.75) is 27.7 Å². The Bertz CT molecular complexity index is 790. The lowest BCUT2D eigenvalue weighted by Crippen LogP contribution is -2.31. The summed E-state index contributed by atoms with van der Waals surface area (Å²) in [6, 6.07) is 8.11. The second-order valence-electron chi connectivity index (χ2n) is 6.38. The highest BCUT2D eigenvalue weighted by atomic mass is 16.4. The highest BCUT2D eigenvalue weighted by Crippen LogP contribution is 2.23. The van der Waals surface area contributed by atoms with E-state index in [1.165, 1.54) is 16.0 Å². The van der Waals surface area contributed by atoms with Crippen molar-refractivity contribution in [1.29, 1.82) is 0 Å². The first kappa shape index (κ1) is 17.9. The van der Waals surface area contributed by atoms with Gasteiger partial charge in [0.15, 0.2) is 5.78 Å². The van der Waals surface area contributed by atoms with Crippen LogP contribution >= 0.6 is 0 Å². The maximum Gasteiger partial charge on any atom is 0.317 e. The molecule has 1 aromatic heterocycles. The molecule has 24 heavy (non-hydrogen) atoms. The molecule has 128 valence electrons. The number of likely N-dealkylation sites (N-methyl/N-ethyl adjacent to an activating group) is 1. The Labute approximate surface area is 142 Å². The Balaban J connectivity index is 2.33. The van der Waals surface area contributed by atoms with Crippen molar-refractivity contribution < 1.29 is 14.7 Å². The van der Waals surface area contributed by atoms with E-state index in [2.05, 4.69) is 30.5 Å². The molecular weight excluding hydrogens is 304 g/mol. The van der Waals surface area contributed by atoms with Gasteiger partial charge < -0.3 is 9.67 Å². The van der Waals surface area contributed by atoms with Gasteiger partial charge in [-0.1, -0.05) is 6.07 Å². The van der Waals surface area contributed by atoms with Gasteiger partial charge in [0.2, 0.25) is 0 Å². The highest BCUT2D eigenvalue weighted by Gasteiger charge is 2.18. The summed E-state index contributed by atoms with van der Waals surface area (Å²) in [7, 11) is 1.63. The van der Waals surface area contributed by atoms with Gasteiger partial charge in [-0.15, -0.1) is 0 Å². The number of hydrogen-bond donors (Lipinski definition) is 1. The third-order valence-electron chi connectivity index (χ3n) is 4.30. The molecule has 0 aliphatic carbocycles. The third-order valence-corrected chi connectivity index (χ3v) is 4.30. The molecule has 0 atom stereocenters. The number of Topliss-reactive ketones (excluding diaryl/α,β-unsaturated/α-hetero) is 1. The molecule has 0 fully saturated rings. The van der Waals surface area contributed by atoms with Crippen LogP contribution in [-0.4, -0.2) is 46.5 Å². The topological polar surface area (TPSA) is 62.5 Å². The van der Waals surface area contributed by atoms with Crippen LogP contribution in [0.25, 0.3) is 5.69 Å². The summed E-state index contributed by atoms with van der Waals surface area (Å²) < 4.78 is 2.07. The fraction of sp³-hybridized carbons (Fsp3) is 0.368. The number of carboxylic acid groups (broad SMARTS) is 1. The van der Waals surface area contributed by atoms with Crippen LogP contribution in [0.1, 0.15) is 32.9 Å². The second kappa shape index (κ2) is 7.01. The van der Waals surface area contributed by atoms with Gasteiger partial charge in [-0.2, -0.15) is 0 Å². The number of carbonyl (C=O) groups excluding carboxylic acids is 1. The molecule has 0 bridgehead atoms. The zero-order chi connectivity index (χ0) is 18.0. The van der Waals surface area contributed by atoms with Gasteiger partial charge in [0.25, 0.3) is 0 Å². The van der Waals surface area contributed by atoms with Gasteiger partial charge in [-0.05, 0) is 64.1 Å². The molecule has 5 heteroatoms. The van der Waals surface area contributed by atoms with Crippen molar-refractivity contribution >= 4 is 11.8 Å². The average Bonchev–Trinajstić information content (AvgIpc) is 2.76. The van der Waals surface area contributed by atoms with E-state index in [0.717, 1.165) is 17.1 Å². The fourth-order valence-electron chi connectivity index (χ4n) is 2.92. The molecule has 1 N–H and O–H groups in total. The Morgan fingerprint density at radius 2 is 1.71 bits per heavy atom. The van der Waals surface area contributed by atoms with Crippen molar-refractivity contribution in [3.63, 3.8) is 0 Å². The predicted octanol–water partition coefficient (Wildman–Crippen LogP) is 2.91. The molecule has 0 unspecified atom stereocenters. The first-order valence-corrected chi connectivity index (χ1v) is 7.90. The van der Waals surface area contributed by atoms with E-state index in [9.17, 15) is 9.59 Å². The number of hydrogen-bond acceptors (Lipinski definition) is 3. The van der Waals surface area contributed by atoms with Crippen LogP contribution in [0.3, 0.4) is 0 Å². The molecule has 5 nitrogen and oxygen atoms in total. The summed E-state index contributed by atoms with van der Waals surface area (Å²) in [4.78, 5) is 24.8. The normalized spacial score (nSPS) is 11.1. The molecule has 0 aliphatic heterocycles. The number of carboxylic acids is 1. The first-order valence-electron chi connectivity index (χ1n) is 7.90. The lowest BCUT2D eigenvalue weighted by Gasteiger charge is -2.14. The molecule has 1 aromatic carbocycles. The molecule has 0 amide bonds. The fourth-order valence-corrected chi connectivity index (χ4v) is 2.92. The van der Waals surface area contributed by atoms with Gasteiger partial charge in [-0.3, -0.25) is 14.5 Å². The molecule has 2 rings (SSSR count). The number of aryl methyl sites for hydroxylation is 3. The van der Waals surface area contributed by atoms with E-state index >= 15 is 0 Å². The Morgan fingerprint density at radius 3 is 2.29 bits per heavy atom. The number of benzene rings is 1. The SMILES string of the molecule is Cc1ccc(-n2c(C)cc(C(=O)CN(C)CC(=O)O)c2C)cc1C. The zero-order valence-electron chi connectivity index (χ0n) is 14.9. The van der Waals surface area contributed by atoms with Crippen molar-refractivity contribution in [3.05, 3.63) is 52.3 Å². The van der Waals surface area contributed by atoms with Gasteiger partial charge >= 0.3 is 5.97 Å². The summed E-state index contributed by atoms with van der Waals surface area (Å²) in [6.07, 6.45) is 0. The molecule has 2 aromatic rings. The molecule has 1 heterocycles. The molecular formula is C19H24N2O3. The lowest BCUT2D eigenvalue weighted by molar-refractivity contribution is -0.137. The van der Waals surface area contributed by atoms with Crippen LogP contribution in [0.2, 0.25) is 0 Å². The van der Waals surface area contributed by atoms with E-state index in [1.807, 2.05) is 26.0 Å². The quantitative estimate of drug-likeness (QED) is 0.828. The highest BCUT2D eigenvalue weighted by molar-refractivity contribution is 5.99. The summed E-state index contributed by atoms with van der Waals surface area (Å²) in [5.41, 5.74) is 5.97. The van der Waals surface area contributed by atoms with Crippen LogP contribution in [0, 0.1) is 27.7 Å².